The van der Waals surface area contributed by atoms with E-state index in [1.165, 1.54) is 0 Å². The largest absolute Gasteiger partial charge is 0.480 e. The van der Waals surface area contributed by atoms with Crippen molar-refractivity contribution in [1.29, 1.82) is 0 Å². The van der Waals surface area contributed by atoms with E-state index in [-0.39, 0.29) is 12.4 Å². The molecule has 9 heteroatoms. The minimum atomic E-state index is -3.91. The van der Waals surface area contributed by atoms with Gasteiger partial charge in [-0.3, -0.25) is 14.6 Å². The van der Waals surface area contributed by atoms with Crippen molar-refractivity contribution >= 4 is 22.0 Å². The van der Waals surface area contributed by atoms with Crippen LogP contribution in [0.25, 0.3) is 0 Å². The zero-order valence-corrected chi connectivity index (χ0v) is 12.0. The molecule has 2 rings (SSSR count). The van der Waals surface area contributed by atoms with Crippen molar-refractivity contribution in [1.82, 2.24) is 14.5 Å². The van der Waals surface area contributed by atoms with Gasteiger partial charge >= 0.3 is 16.2 Å². The van der Waals surface area contributed by atoms with E-state index in [9.17, 15) is 13.2 Å². The van der Waals surface area contributed by atoms with Gasteiger partial charge in [0.05, 0.1) is 0 Å². The van der Waals surface area contributed by atoms with E-state index in [1.54, 1.807) is 6.07 Å². The second kappa shape index (κ2) is 5.80. The molecule has 1 aliphatic heterocycles. The monoisotopic (exact) mass is 302 g/mol. The molecule has 112 valence electrons. The van der Waals surface area contributed by atoms with E-state index in [2.05, 4.69) is 14.9 Å². The van der Waals surface area contributed by atoms with Gasteiger partial charge in [0.25, 0.3) is 0 Å². The van der Waals surface area contributed by atoms with Gasteiger partial charge in [-0.05, 0) is 25.7 Å². The summed E-state index contributed by atoms with van der Waals surface area (Å²) in [5, 5.41) is 15.7. The van der Waals surface area contributed by atoms with Crippen molar-refractivity contribution < 1.29 is 18.3 Å². The fourth-order valence-electron chi connectivity index (χ4n) is 2.23. The number of carboxylic acid groups (broad SMARTS) is 1. The molecule has 2 heterocycles. The van der Waals surface area contributed by atoms with Crippen LogP contribution in [0.15, 0.2) is 6.07 Å². The number of aromatic nitrogens is 2. The highest BCUT2D eigenvalue weighted by Crippen LogP contribution is 2.22. The quantitative estimate of drug-likeness (QED) is 0.735. The average molecular weight is 302 g/mol. The minimum absolute atomic E-state index is 0.177. The Kier molecular flexibility index (Phi) is 4.29. The topological polar surface area (TPSA) is 115 Å². The van der Waals surface area contributed by atoms with E-state index >= 15 is 0 Å². The summed E-state index contributed by atoms with van der Waals surface area (Å²) in [5.74, 6) is -0.942. The Morgan fingerprint density at radius 1 is 1.60 bits per heavy atom. The highest BCUT2D eigenvalue weighted by Gasteiger charge is 2.37. The number of anilines is 1. The van der Waals surface area contributed by atoms with Crippen LogP contribution in [-0.2, 0) is 21.4 Å². The number of carbonyl (C=O) groups is 1. The second-order valence-corrected chi connectivity index (χ2v) is 6.32. The van der Waals surface area contributed by atoms with Crippen LogP contribution in [0.4, 0.5) is 5.82 Å². The summed E-state index contributed by atoms with van der Waals surface area (Å²) in [5.41, 5.74) is 0.802. The molecule has 8 nitrogen and oxygen atoms in total. The molecule has 1 aromatic rings. The maximum absolute atomic E-state index is 12.3. The average Bonchev–Trinajstić information content (AvgIpc) is 2.85. The van der Waals surface area contributed by atoms with Crippen LogP contribution >= 0.6 is 0 Å². The van der Waals surface area contributed by atoms with Crippen LogP contribution in [0.2, 0.25) is 0 Å². The van der Waals surface area contributed by atoms with Gasteiger partial charge in [0.15, 0.2) is 5.82 Å². The number of aliphatic carboxylic acids is 1. The van der Waals surface area contributed by atoms with Gasteiger partial charge in [0.1, 0.15) is 6.04 Å². The summed E-state index contributed by atoms with van der Waals surface area (Å²) in [6.45, 7) is 2.12. The first-order valence-electron chi connectivity index (χ1n) is 6.50. The lowest BCUT2D eigenvalue weighted by Crippen LogP contribution is -2.49. The molecule has 0 radical (unpaired) electrons. The Morgan fingerprint density at radius 2 is 2.35 bits per heavy atom. The lowest BCUT2D eigenvalue weighted by atomic mass is 10.1. The molecule has 20 heavy (non-hydrogen) atoms. The first-order chi connectivity index (χ1) is 9.44. The molecule has 1 atom stereocenters. The van der Waals surface area contributed by atoms with Gasteiger partial charge in [0, 0.05) is 18.3 Å². The zero-order chi connectivity index (χ0) is 14.8. The third-order valence-electron chi connectivity index (χ3n) is 3.29. The zero-order valence-electron chi connectivity index (χ0n) is 11.2. The molecule has 1 aliphatic rings. The van der Waals surface area contributed by atoms with Crippen LogP contribution in [0, 0.1) is 0 Å². The summed E-state index contributed by atoms with van der Waals surface area (Å²) in [7, 11) is -3.91. The highest BCUT2D eigenvalue weighted by atomic mass is 32.2. The van der Waals surface area contributed by atoms with Crippen molar-refractivity contribution in [2.75, 3.05) is 11.3 Å². The second-order valence-electron chi connectivity index (χ2n) is 4.70. The Balaban J connectivity index is 2.17. The fourth-order valence-corrected chi connectivity index (χ4v) is 3.61. The number of H-pyrrole nitrogens is 1. The molecule has 1 fully saturated rings. The Bertz CT molecular complexity index is 583. The van der Waals surface area contributed by atoms with Crippen LogP contribution < -0.4 is 4.72 Å². The molecule has 0 amide bonds. The molecule has 1 unspecified atom stereocenters. The van der Waals surface area contributed by atoms with Gasteiger partial charge in [0.2, 0.25) is 0 Å². The number of carboxylic acids is 1. The smallest absolute Gasteiger partial charge is 0.322 e. The number of hydrogen-bond acceptors (Lipinski definition) is 4. The first-order valence-corrected chi connectivity index (χ1v) is 7.94. The number of hydrogen-bond donors (Lipinski definition) is 3. The van der Waals surface area contributed by atoms with Gasteiger partial charge in [-0.15, -0.1) is 0 Å². The standard InChI is InChI=1S/C11H18N4O4S/c1-2-8-7-10(13-12-8)14-20(18,19)15-6-4-3-5-9(15)11(16)17/h7,9H,2-6H2,1H3,(H,16,17)(H2,12,13,14). The van der Waals surface area contributed by atoms with E-state index < -0.39 is 22.2 Å². The normalized spacial score (nSPS) is 20.8. The molecule has 3 N–H and O–H groups in total. The number of piperidine rings is 1. The predicted octanol–water partition coefficient (Wildman–Crippen LogP) is 0.568. The fraction of sp³-hybridized carbons (Fsp3) is 0.636. The summed E-state index contributed by atoms with van der Waals surface area (Å²) in [6.07, 6.45) is 2.41. The van der Waals surface area contributed by atoms with Gasteiger partial charge in [-0.25, -0.2) is 0 Å². The van der Waals surface area contributed by atoms with E-state index in [1.807, 2.05) is 6.92 Å². The van der Waals surface area contributed by atoms with Gasteiger partial charge in [-0.2, -0.15) is 17.8 Å². The molecule has 0 bridgehead atoms. The minimum Gasteiger partial charge on any atom is -0.480 e. The van der Waals surface area contributed by atoms with Crippen molar-refractivity contribution in [2.45, 2.75) is 38.6 Å². The van der Waals surface area contributed by atoms with E-state index in [4.69, 9.17) is 5.11 Å². The number of nitrogens with one attached hydrogen (secondary N) is 2. The molecule has 1 aromatic heterocycles. The number of aryl methyl sites for hydroxylation is 1. The van der Waals surface area contributed by atoms with E-state index in [0.29, 0.717) is 25.7 Å². The third kappa shape index (κ3) is 3.10. The lowest BCUT2D eigenvalue weighted by molar-refractivity contribution is -0.142. The molecule has 0 saturated carbocycles. The molecule has 0 spiro atoms. The Morgan fingerprint density at radius 3 is 2.95 bits per heavy atom. The molecular formula is C11H18N4O4S. The van der Waals surface area contributed by atoms with Crippen molar-refractivity contribution in [3.63, 3.8) is 0 Å². The number of nitrogens with zero attached hydrogens (tertiary/aromatic N) is 2. The maximum atomic E-state index is 12.3. The third-order valence-corrected chi connectivity index (χ3v) is 4.81. The Hall–Kier alpha value is -1.61. The van der Waals surface area contributed by atoms with Crippen LogP contribution in [0.1, 0.15) is 31.9 Å². The SMILES string of the molecule is CCc1cc(NS(=O)(=O)N2CCCCC2C(=O)O)n[nH]1. The molecule has 0 aliphatic carbocycles. The number of rotatable bonds is 5. The van der Waals surface area contributed by atoms with Crippen LogP contribution in [-0.4, -0.2) is 46.6 Å². The van der Waals surface area contributed by atoms with Crippen molar-refractivity contribution in [3.8, 4) is 0 Å². The first kappa shape index (κ1) is 14.8. The number of aromatic amines is 1. The van der Waals surface area contributed by atoms with Crippen molar-refractivity contribution in [2.24, 2.45) is 0 Å². The molecular weight excluding hydrogens is 284 g/mol. The van der Waals surface area contributed by atoms with Crippen LogP contribution in [0.3, 0.4) is 0 Å². The predicted molar refractivity (Wildman–Crippen MR) is 72.5 cm³/mol. The van der Waals surface area contributed by atoms with E-state index in [0.717, 1.165) is 10.00 Å². The van der Waals surface area contributed by atoms with Crippen molar-refractivity contribution in [3.05, 3.63) is 11.8 Å². The summed E-state index contributed by atoms with van der Waals surface area (Å²) >= 11 is 0. The van der Waals surface area contributed by atoms with Gasteiger partial charge in [-0.1, -0.05) is 6.92 Å². The molecule has 1 saturated heterocycles. The van der Waals surface area contributed by atoms with Crippen LogP contribution in [0.5, 0.6) is 0 Å². The summed E-state index contributed by atoms with van der Waals surface area (Å²) in [6, 6.07) is 0.586. The van der Waals surface area contributed by atoms with Gasteiger partial charge < -0.3 is 5.11 Å². The molecule has 0 aromatic carbocycles. The summed E-state index contributed by atoms with van der Waals surface area (Å²) in [4.78, 5) is 11.2. The highest BCUT2D eigenvalue weighted by molar-refractivity contribution is 7.90. The Labute approximate surface area is 117 Å². The summed E-state index contributed by atoms with van der Waals surface area (Å²) < 4.78 is 27.8. The maximum Gasteiger partial charge on any atom is 0.322 e. The lowest BCUT2D eigenvalue weighted by Gasteiger charge is -2.31.